The molecule has 17 heteroatoms. The van der Waals surface area contributed by atoms with Crippen molar-refractivity contribution >= 4 is 61.1 Å². The van der Waals surface area contributed by atoms with Crippen LogP contribution in [0.2, 0.25) is 0 Å². The Labute approximate surface area is 384 Å². The Morgan fingerprint density at radius 2 is 1.75 bits per heavy atom. The number of nitrogens with one attached hydrogen (secondary N) is 3. The Kier molecular flexibility index (Phi) is 12.9. The number of halogens is 3. The van der Waals surface area contributed by atoms with Gasteiger partial charge in [-0.25, -0.2) is 8.42 Å². The number of alkyl halides is 3. The van der Waals surface area contributed by atoms with Gasteiger partial charge in [0.05, 0.1) is 22.4 Å². The molecular formula is C48H61F3N6O6S2. The fourth-order valence-electron chi connectivity index (χ4n) is 8.88. The summed E-state index contributed by atoms with van der Waals surface area (Å²) in [4.78, 5) is 51.0. The van der Waals surface area contributed by atoms with Crippen molar-refractivity contribution in [2.24, 2.45) is 23.2 Å². The number of amides is 3. The van der Waals surface area contributed by atoms with E-state index in [0.717, 1.165) is 40.1 Å². The van der Waals surface area contributed by atoms with Gasteiger partial charge in [-0.05, 0) is 93.4 Å². The molecule has 3 heterocycles. The van der Waals surface area contributed by atoms with Crippen molar-refractivity contribution in [3.05, 3.63) is 83.3 Å². The van der Waals surface area contributed by atoms with E-state index in [0.29, 0.717) is 24.7 Å². The number of likely N-dealkylation sites (tertiary alicyclic amines) is 1. The molecule has 3 N–H and O–H groups in total. The van der Waals surface area contributed by atoms with Gasteiger partial charge in [0.2, 0.25) is 21.8 Å². The maximum Gasteiger partial charge on any atom is 0.416 e. The molecule has 2 aliphatic heterocycles. The molecule has 4 aliphatic rings. The minimum Gasteiger partial charge on any atom is -0.459 e. The molecule has 0 spiro atoms. The minimum absolute atomic E-state index is 0.0410. The lowest BCUT2D eigenvalue weighted by Crippen LogP contribution is -2.59. The molecule has 1 aromatic heterocycles. The van der Waals surface area contributed by atoms with Gasteiger partial charge in [-0.1, -0.05) is 89.2 Å². The third kappa shape index (κ3) is 9.59. The van der Waals surface area contributed by atoms with E-state index < -0.39 is 79.3 Å². The lowest BCUT2D eigenvalue weighted by molar-refractivity contribution is -0.141. The quantitative estimate of drug-likeness (QED) is 0.134. The Balaban J connectivity index is 1.23. The number of hydrogen-bond acceptors (Lipinski definition) is 9. The van der Waals surface area contributed by atoms with Crippen molar-refractivity contribution in [2.45, 2.75) is 135 Å². The number of anilines is 1. The SMILES string of the molecule is C=CC1CC1(NC(=O)C1CC(Oc2nc3c(C4=CCC(C)C(C(C)C)=CS4)cccc3n2C(C)C)CN1C(=O)C(Nc1cccc(C(F)(F)F)c1)C(C)(C)C)C(=O)NS(=O)(=O)C1(C)CC1. The zero-order valence-corrected chi connectivity index (χ0v) is 40.1. The van der Waals surface area contributed by atoms with Crippen LogP contribution in [0.3, 0.4) is 0 Å². The number of rotatable bonds is 14. The van der Waals surface area contributed by atoms with Crippen molar-refractivity contribution in [1.82, 2.24) is 24.5 Å². The standard InChI is InChI=1S/C48H61F3N6O6S2/c1-11-30-24-47(30,43(60)55-65(61,62)46(10)20-21-46)54-41(58)37-23-33(25-56(37)42(59)40(45(7,8)9)52-32-15-12-14-31(22-32)48(49,50)51)63-44-53-39-34(16-13-17-36(39)57(44)28(4)5)38-19-18-29(6)35(26-64-38)27(2)3/h11-17,19,22,26-30,33,37,40,52H,1,18,20-21,23-25H2,2-10H3,(H,54,58)(H,55,60). The zero-order valence-electron chi connectivity index (χ0n) is 38.5. The van der Waals surface area contributed by atoms with Crippen LogP contribution in [0.25, 0.3) is 15.9 Å². The van der Waals surface area contributed by atoms with E-state index in [1.165, 1.54) is 28.7 Å². The third-order valence-electron chi connectivity index (χ3n) is 13.3. The second kappa shape index (κ2) is 17.5. The highest BCUT2D eigenvalue weighted by atomic mass is 32.2. The molecule has 3 amide bonds. The Morgan fingerprint density at radius 1 is 1.06 bits per heavy atom. The molecule has 0 bridgehead atoms. The number of imidazole rings is 1. The molecule has 65 heavy (non-hydrogen) atoms. The van der Waals surface area contributed by atoms with Crippen LogP contribution in [-0.2, 0) is 30.6 Å². The van der Waals surface area contributed by atoms with E-state index in [1.54, 1.807) is 39.5 Å². The van der Waals surface area contributed by atoms with Gasteiger partial charge in [-0.2, -0.15) is 18.2 Å². The fourth-order valence-corrected chi connectivity index (χ4v) is 11.4. The van der Waals surface area contributed by atoms with Gasteiger partial charge in [-0.3, -0.25) is 23.7 Å². The predicted molar refractivity (Wildman–Crippen MR) is 249 cm³/mol. The fraction of sp³-hybridized carbons (Fsp3) is 0.542. The topological polar surface area (TPSA) is 152 Å². The van der Waals surface area contributed by atoms with Gasteiger partial charge in [0.15, 0.2) is 0 Å². The van der Waals surface area contributed by atoms with Crippen LogP contribution in [-0.4, -0.2) is 75.6 Å². The first-order valence-corrected chi connectivity index (χ1v) is 24.7. The average Bonchev–Trinajstić information content (AvgIpc) is 4.07. The molecule has 352 valence electrons. The average molecular weight is 939 g/mol. The number of carbonyl (C=O) groups excluding carboxylic acids is 3. The summed E-state index contributed by atoms with van der Waals surface area (Å²) in [6.45, 7) is 21.2. The van der Waals surface area contributed by atoms with Gasteiger partial charge in [0.1, 0.15) is 29.2 Å². The predicted octanol–water partition coefficient (Wildman–Crippen LogP) is 9.22. The first-order valence-electron chi connectivity index (χ1n) is 22.3. The maximum atomic E-state index is 15.0. The van der Waals surface area contributed by atoms with Gasteiger partial charge < -0.3 is 20.3 Å². The first-order chi connectivity index (χ1) is 30.3. The molecule has 12 nitrogen and oxygen atoms in total. The van der Waals surface area contributed by atoms with E-state index in [-0.39, 0.29) is 37.1 Å². The molecular weight excluding hydrogens is 878 g/mol. The Morgan fingerprint density at radius 3 is 2.35 bits per heavy atom. The Bertz CT molecular complexity index is 2560. The summed E-state index contributed by atoms with van der Waals surface area (Å²) in [5.74, 6) is -1.99. The summed E-state index contributed by atoms with van der Waals surface area (Å²) in [7, 11) is -4.06. The van der Waals surface area contributed by atoms with E-state index in [1.807, 2.05) is 36.6 Å². The van der Waals surface area contributed by atoms with Gasteiger partial charge in [0, 0.05) is 34.5 Å². The first kappa shape index (κ1) is 48.2. The van der Waals surface area contributed by atoms with Crippen LogP contribution in [0.5, 0.6) is 6.01 Å². The smallest absolute Gasteiger partial charge is 0.416 e. The van der Waals surface area contributed by atoms with Crippen LogP contribution >= 0.6 is 11.8 Å². The lowest BCUT2D eigenvalue weighted by atomic mass is 9.85. The highest BCUT2D eigenvalue weighted by Crippen LogP contribution is 2.48. The monoisotopic (exact) mass is 938 g/mol. The highest BCUT2D eigenvalue weighted by molar-refractivity contribution is 8.11. The number of fused-ring (bicyclic) bond motifs is 1. The molecule has 0 radical (unpaired) electrons. The highest BCUT2D eigenvalue weighted by Gasteiger charge is 2.63. The summed E-state index contributed by atoms with van der Waals surface area (Å²) in [5.41, 5.74) is 0.533. The lowest BCUT2D eigenvalue weighted by Gasteiger charge is -2.36. The van der Waals surface area contributed by atoms with E-state index in [9.17, 15) is 36.0 Å². The molecule has 1 saturated heterocycles. The van der Waals surface area contributed by atoms with E-state index in [2.05, 4.69) is 54.2 Å². The van der Waals surface area contributed by atoms with Crippen LogP contribution in [0.15, 0.2) is 72.2 Å². The summed E-state index contributed by atoms with van der Waals surface area (Å²) >= 11 is 1.67. The number of hydrogen-bond donors (Lipinski definition) is 3. The number of para-hydroxylation sites is 1. The van der Waals surface area contributed by atoms with Crippen molar-refractivity contribution in [3.8, 4) is 6.01 Å². The Hall–Kier alpha value is -4.77. The number of benzene rings is 2. The summed E-state index contributed by atoms with van der Waals surface area (Å²) in [5, 5.41) is 8.10. The summed E-state index contributed by atoms with van der Waals surface area (Å²) < 4.78 is 77.6. The number of carbonyl (C=O) groups is 3. The summed E-state index contributed by atoms with van der Waals surface area (Å²) in [6, 6.07) is 8.37. The molecule has 2 saturated carbocycles. The number of ether oxygens (including phenoxy) is 1. The molecule has 3 aromatic rings. The number of nitrogens with zero attached hydrogens (tertiary/aromatic N) is 3. The molecule has 2 aliphatic carbocycles. The molecule has 6 atom stereocenters. The number of allylic oxidation sites excluding steroid dienone is 2. The van der Waals surface area contributed by atoms with Crippen LogP contribution in [0.1, 0.15) is 112 Å². The van der Waals surface area contributed by atoms with Crippen molar-refractivity contribution < 1.29 is 40.7 Å². The second-order valence-corrected chi connectivity index (χ2v) is 23.1. The molecule has 2 aromatic carbocycles. The van der Waals surface area contributed by atoms with Gasteiger partial charge >= 0.3 is 6.18 Å². The summed E-state index contributed by atoms with van der Waals surface area (Å²) in [6.07, 6.45) is 0.00132. The van der Waals surface area contributed by atoms with E-state index >= 15 is 0 Å². The van der Waals surface area contributed by atoms with Crippen LogP contribution in [0, 0.1) is 23.2 Å². The normalized spacial score (nSPS) is 24.8. The largest absolute Gasteiger partial charge is 0.459 e. The van der Waals surface area contributed by atoms with Crippen molar-refractivity contribution in [1.29, 1.82) is 0 Å². The second-order valence-electron chi connectivity index (χ2n) is 20.0. The minimum atomic E-state index is -4.63. The van der Waals surface area contributed by atoms with Crippen LogP contribution < -0.4 is 20.1 Å². The van der Waals surface area contributed by atoms with Gasteiger partial charge in [0.25, 0.3) is 11.9 Å². The maximum absolute atomic E-state index is 15.0. The zero-order chi connectivity index (χ0) is 47.6. The van der Waals surface area contributed by atoms with E-state index in [4.69, 9.17) is 9.72 Å². The van der Waals surface area contributed by atoms with Crippen molar-refractivity contribution in [3.63, 3.8) is 0 Å². The molecule has 7 rings (SSSR count). The molecule has 6 unspecified atom stereocenters. The number of sulfonamides is 1. The number of aromatic nitrogens is 2. The number of thioether (sulfide) groups is 1. The van der Waals surface area contributed by atoms with Crippen molar-refractivity contribution in [2.75, 3.05) is 11.9 Å². The van der Waals surface area contributed by atoms with Crippen LogP contribution in [0.4, 0.5) is 18.9 Å². The third-order valence-corrected chi connectivity index (χ3v) is 16.5. The molecule has 3 fully saturated rings. The van der Waals surface area contributed by atoms with Gasteiger partial charge in [-0.15, -0.1) is 6.58 Å².